The average Bonchev–Trinajstić information content (AvgIpc) is 1.83. The van der Waals surface area contributed by atoms with Gasteiger partial charge in [0.25, 0.3) is 0 Å². The summed E-state index contributed by atoms with van der Waals surface area (Å²) in [6.07, 6.45) is -1.78. The van der Waals surface area contributed by atoms with Crippen molar-refractivity contribution in [3.05, 3.63) is 0 Å². The van der Waals surface area contributed by atoms with Gasteiger partial charge >= 0.3 is 0 Å². The molecule has 1 saturated heterocycles. The second-order valence-electron chi connectivity index (χ2n) is 1.62. The van der Waals surface area contributed by atoms with Gasteiger partial charge in [-0.1, -0.05) is 0 Å². The Morgan fingerprint density at radius 3 is 2.57 bits per heavy atom. The normalized spacial score (nSPS) is 58.1. The Balaban J connectivity index is 2.41. The Kier molecular flexibility index (Phi) is 0.995. The van der Waals surface area contributed by atoms with Crippen LogP contribution in [0.3, 0.4) is 0 Å². The molecule has 0 aromatic carbocycles. The third kappa shape index (κ3) is 1.45. The molecule has 0 saturated carbocycles. The van der Waals surface area contributed by atoms with Crippen molar-refractivity contribution >= 4 is 0 Å². The minimum atomic E-state index is -0.758. The van der Waals surface area contributed by atoms with Crippen LogP contribution in [0.5, 0.6) is 0 Å². The maximum Gasteiger partial charge on any atom is 0.0564 e. The molecule has 0 radical (unpaired) electrons. The van der Waals surface area contributed by atoms with Gasteiger partial charge in [-0.05, 0) is 25.9 Å². The molecule has 0 aromatic heterocycles. The molecule has 2 atom stereocenters. The van der Waals surface area contributed by atoms with Gasteiger partial charge in [-0.25, -0.2) is 0 Å². The van der Waals surface area contributed by atoms with Gasteiger partial charge in [0.05, 0.1) is 6.10 Å². The maximum absolute atomic E-state index is 9.03. The number of hydrogen-bond donors (Lipinski definition) is 2. The van der Waals surface area contributed by atoms with E-state index in [4.69, 9.17) is 7.85 Å². The molecule has 2 unspecified atom stereocenters. The molecule has 2 N–H and O–H groups in total. The molecule has 0 spiro atoms. The minimum absolute atomic E-state index is 0.510. The average molecular weight is 103 g/mol. The van der Waals surface area contributed by atoms with Crippen molar-refractivity contribution < 1.29 is 7.85 Å². The lowest BCUT2D eigenvalue weighted by atomic mass is 10.1. The second kappa shape index (κ2) is 2.28. The van der Waals surface area contributed by atoms with Crippen LogP contribution in [-0.2, 0) is 0 Å². The highest BCUT2D eigenvalue weighted by Gasteiger charge is 2.06. The standard InChI is InChI=1S/C5H11NO/c7-5-1-3-6-4-2-5/h5-7H,1-4H2/i1D,2D. The second-order valence-corrected chi connectivity index (χ2v) is 1.62. The number of rotatable bonds is 0. The maximum atomic E-state index is 9.03. The molecule has 2 nitrogen and oxygen atoms in total. The lowest BCUT2D eigenvalue weighted by molar-refractivity contribution is 0.137. The van der Waals surface area contributed by atoms with Gasteiger partial charge in [-0.2, -0.15) is 0 Å². The van der Waals surface area contributed by atoms with E-state index < -0.39 is 18.9 Å². The minimum Gasteiger partial charge on any atom is -0.393 e. The summed E-state index contributed by atoms with van der Waals surface area (Å²) in [7, 11) is 0. The first-order valence-electron chi connectivity index (χ1n) is 3.60. The predicted octanol–water partition coefficient (Wildman–Crippen LogP) is -0.269. The highest BCUT2D eigenvalue weighted by molar-refractivity contribution is 4.65. The van der Waals surface area contributed by atoms with Crippen molar-refractivity contribution in [3.63, 3.8) is 0 Å². The van der Waals surface area contributed by atoms with E-state index in [1.54, 1.807) is 0 Å². The van der Waals surface area contributed by atoms with E-state index in [2.05, 4.69) is 5.32 Å². The number of aliphatic hydroxyl groups is 1. The molecule has 0 bridgehead atoms. The van der Waals surface area contributed by atoms with E-state index in [1.165, 1.54) is 0 Å². The molecular formula is C5H11NO. The van der Waals surface area contributed by atoms with Crippen LogP contribution in [0.1, 0.15) is 15.5 Å². The number of nitrogens with one attached hydrogen (secondary N) is 1. The van der Waals surface area contributed by atoms with Gasteiger partial charge in [0.15, 0.2) is 0 Å². The van der Waals surface area contributed by atoms with Crippen LogP contribution in [0.2, 0.25) is 0 Å². The third-order valence-electron chi connectivity index (χ3n) is 1.01. The molecule has 42 valence electrons. The lowest BCUT2D eigenvalue weighted by Crippen LogP contribution is -2.30. The van der Waals surface area contributed by atoms with Crippen molar-refractivity contribution in [1.29, 1.82) is 0 Å². The van der Waals surface area contributed by atoms with Crippen LogP contribution in [0.15, 0.2) is 0 Å². The van der Waals surface area contributed by atoms with E-state index in [0.29, 0.717) is 13.1 Å². The van der Waals surface area contributed by atoms with Crippen molar-refractivity contribution in [2.75, 3.05) is 13.1 Å². The van der Waals surface area contributed by atoms with Gasteiger partial charge in [-0.3, -0.25) is 0 Å². The van der Waals surface area contributed by atoms with E-state index in [9.17, 15) is 0 Å². The van der Waals surface area contributed by atoms with Gasteiger partial charge in [0, 0.05) is 2.74 Å². The number of hydrogen-bond acceptors (Lipinski definition) is 2. The van der Waals surface area contributed by atoms with Crippen LogP contribution >= 0.6 is 0 Å². The summed E-state index contributed by atoms with van der Waals surface area (Å²) in [5.74, 6) is 0. The highest BCUT2D eigenvalue weighted by atomic mass is 16.3. The van der Waals surface area contributed by atoms with E-state index >= 15 is 0 Å². The Labute approximate surface area is 46.3 Å². The van der Waals surface area contributed by atoms with E-state index in [-0.39, 0.29) is 0 Å². The largest absolute Gasteiger partial charge is 0.393 e. The van der Waals surface area contributed by atoms with Crippen LogP contribution in [0.4, 0.5) is 0 Å². The first-order valence-corrected chi connectivity index (χ1v) is 2.45. The van der Waals surface area contributed by atoms with Crippen LogP contribution in [0.25, 0.3) is 0 Å². The van der Waals surface area contributed by atoms with Crippen LogP contribution in [-0.4, -0.2) is 24.3 Å². The van der Waals surface area contributed by atoms with Crippen molar-refractivity contribution in [2.45, 2.75) is 18.9 Å². The van der Waals surface area contributed by atoms with Gasteiger partial charge in [0.2, 0.25) is 0 Å². The fraction of sp³-hybridized carbons (Fsp3) is 1.00. The summed E-state index contributed by atoms with van der Waals surface area (Å²) in [6.45, 7) is 1.02. The molecular weight excluding hydrogens is 90.1 g/mol. The molecule has 1 aliphatic heterocycles. The van der Waals surface area contributed by atoms with E-state index in [0.717, 1.165) is 0 Å². The molecule has 1 rings (SSSR count). The molecule has 0 amide bonds. The van der Waals surface area contributed by atoms with Crippen LogP contribution < -0.4 is 5.32 Å². The zero-order chi connectivity index (χ0) is 6.85. The number of aliphatic hydroxyl groups excluding tert-OH is 1. The number of piperidine rings is 1. The van der Waals surface area contributed by atoms with E-state index in [1.807, 2.05) is 0 Å². The van der Waals surface area contributed by atoms with Gasteiger partial charge < -0.3 is 10.4 Å². The lowest BCUT2D eigenvalue weighted by Gasteiger charge is -2.16. The topological polar surface area (TPSA) is 32.3 Å². The Morgan fingerprint density at radius 1 is 1.57 bits per heavy atom. The first-order chi connectivity index (χ1) is 4.22. The quantitative estimate of drug-likeness (QED) is 0.442. The Bertz CT molecular complexity index is 91.0. The van der Waals surface area contributed by atoms with Gasteiger partial charge in [0.1, 0.15) is 0 Å². The molecule has 1 fully saturated rings. The predicted molar refractivity (Wildman–Crippen MR) is 28.1 cm³/mol. The summed E-state index contributed by atoms with van der Waals surface area (Å²) in [5, 5.41) is 11.9. The summed E-state index contributed by atoms with van der Waals surface area (Å²) >= 11 is 0. The Morgan fingerprint density at radius 2 is 2.14 bits per heavy atom. The van der Waals surface area contributed by atoms with Crippen molar-refractivity contribution in [2.24, 2.45) is 0 Å². The highest BCUT2D eigenvalue weighted by Crippen LogP contribution is 1.99. The van der Waals surface area contributed by atoms with Crippen molar-refractivity contribution in [1.82, 2.24) is 5.32 Å². The molecule has 0 aromatic rings. The Hall–Kier alpha value is -0.0800. The molecule has 1 aliphatic rings. The molecule has 0 aliphatic carbocycles. The monoisotopic (exact) mass is 103 g/mol. The zero-order valence-corrected chi connectivity index (χ0v) is 4.09. The third-order valence-corrected chi connectivity index (χ3v) is 1.01. The van der Waals surface area contributed by atoms with Crippen molar-refractivity contribution in [3.8, 4) is 0 Å². The fourth-order valence-corrected chi connectivity index (χ4v) is 0.588. The summed E-state index contributed by atoms with van der Waals surface area (Å²) in [6, 6.07) is 0. The fourth-order valence-electron chi connectivity index (χ4n) is 0.588. The van der Waals surface area contributed by atoms with Crippen LogP contribution in [0, 0.1) is 0 Å². The summed E-state index contributed by atoms with van der Waals surface area (Å²) < 4.78 is 14.4. The molecule has 2 heteroatoms. The van der Waals surface area contributed by atoms with Gasteiger partial charge in [-0.15, -0.1) is 0 Å². The summed E-state index contributed by atoms with van der Waals surface area (Å²) in [5.41, 5.74) is 0. The SMILES string of the molecule is [2H]C1CNCC([2H])C1O. The summed E-state index contributed by atoms with van der Waals surface area (Å²) in [4.78, 5) is 0. The molecule has 7 heavy (non-hydrogen) atoms. The smallest absolute Gasteiger partial charge is 0.0564 e. The molecule has 1 heterocycles. The first kappa shape index (κ1) is 3.05. The zero-order valence-electron chi connectivity index (χ0n) is 6.09.